The van der Waals surface area contributed by atoms with E-state index in [1.807, 2.05) is 135 Å². The molecule has 7 heteroatoms. The Morgan fingerprint density at radius 1 is 0.383 bits per heavy atom. The second-order valence-corrected chi connectivity index (χ2v) is 9.85. The van der Waals surface area contributed by atoms with Gasteiger partial charge >= 0.3 is 0 Å². The van der Waals surface area contributed by atoms with Crippen LogP contribution in [0.3, 0.4) is 0 Å². The minimum Gasteiger partial charge on any atom is -0.388 e. The van der Waals surface area contributed by atoms with Gasteiger partial charge in [0.2, 0.25) is 0 Å². The van der Waals surface area contributed by atoms with Crippen LogP contribution in [0.4, 0.5) is 0 Å². The Morgan fingerprint density at radius 2 is 0.567 bits per heavy atom. The predicted molar refractivity (Wildman–Crippen MR) is 268 cm³/mol. The maximum atomic E-state index is 8.80. The molecule has 2 heterocycles. The molecule has 6 rings (SSSR count). The van der Waals surface area contributed by atoms with Crippen LogP contribution in [-0.2, 0) is 28.4 Å². The van der Waals surface area contributed by atoms with Gasteiger partial charge in [-0.05, 0) is 22.3 Å². The molecule has 0 radical (unpaired) electrons. The lowest BCUT2D eigenvalue weighted by Crippen LogP contribution is -2.19. The van der Waals surface area contributed by atoms with Gasteiger partial charge < -0.3 is 33.5 Å². The highest BCUT2D eigenvalue weighted by Gasteiger charge is 2.21. The summed E-state index contributed by atoms with van der Waals surface area (Å²) in [7, 11) is 6.45. The molecule has 0 saturated carbocycles. The lowest BCUT2D eigenvalue weighted by Gasteiger charge is -2.05. The number of epoxide rings is 2. The van der Waals surface area contributed by atoms with Crippen LogP contribution in [0.15, 0.2) is 121 Å². The van der Waals surface area contributed by atoms with Crippen molar-refractivity contribution < 1.29 is 33.5 Å². The zero-order valence-electron chi connectivity index (χ0n) is 42.4. The van der Waals surface area contributed by atoms with Crippen molar-refractivity contribution in [3.63, 3.8) is 0 Å². The molecular weight excluding hydrogens is 749 g/mol. The number of hydrogen-bond acceptors (Lipinski definition) is 7. The molecule has 4 aromatic carbocycles. The minimum absolute atomic E-state index is 0.341. The Labute approximate surface area is 373 Å². The van der Waals surface area contributed by atoms with Gasteiger partial charge in [0.25, 0.3) is 0 Å². The number of rotatable bonds is 10. The van der Waals surface area contributed by atoms with E-state index in [2.05, 4.69) is 107 Å². The van der Waals surface area contributed by atoms with Crippen LogP contribution in [0.1, 0.15) is 111 Å². The van der Waals surface area contributed by atoms with Gasteiger partial charge in [-0.15, -0.1) is 0 Å². The van der Waals surface area contributed by atoms with Crippen molar-refractivity contribution in [3.05, 3.63) is 121 Å². The highest BCUT2D eigenvalue weighted by molar-refractivity contribution is 5.63. The summed E-state index contributed by atoms with van der Waals surface area (Å²) < 4.78 is 28.4. The van der Waals surface area contributed by atoms with E-state index in [-0.39, 0.29) is 0 Å². The number of aliphatic hydroxyl groups excluding tert-OH is 1. The summed E-state index contributed by atoms with van der Waals surface area (Å²) in [4.78, 5) is 0. The van der Waals surface area contributed by atoms with E-state index in [0.717, 1.165) is 26.4 Å². The maximum absolute atomic E-state index is 8.80. The highest BCUT2D eigenvalue weighted by Crippen LogP contribution is 2.18. The molecule has 1 N–H and O–H groups in total. The molecule has 2 unspecified atom stereocenters. The first kappa shape index (κ1) is 71.1. The minimum atomic E-state index is -0.481. The summed E-state index contributed by atoms with van der Waals surface area (Å²) in [5.41, 5.74) is 5.10. The Kier molecular flexibility index (Phi) is 79.9. The van der Waals surface area contributed by atoms with Gasteiger partial charge in [0.1, 0.15) is 18.3 Å². The summed E-state index contributed by atoms with van der Waals surface area (Å²) in [5.74, 6) is 0. The molecule has 0 aromatic heterocycles. The summed E-state index contributed by atoms with van der Waals surface area (Å²) in [6.45, 7) is 36.0. The van der Waals surface area contributed by atoms with Crippen LogP contribution in [0, 0.1) is 0 Å². The predicted octanol–water partition coefficient (Wildman–Crippen LogP) is 14.6. The highest BCUT2D eigenvalue weighted by atomic mass is 16.6. The zero-order chi connectivity index (χ0) is 47.7. The molecule has 4 aromatic rings. The molecule has 2 fully saturated rings. The molecule has 0 spiro atoms. The standard InChI is InChI=1S/2C12H10.C5H12O3.2C4H8O2.8C2H6/c2*1-3-7-11(8-4-1)12-9-5-2-6-10-12;1-7-3-5(6)4-8-2;2*1-5-2-4-3-6-4;8*1-2/h2*1-10H;5-6H,3-4H2,1-2H3;2*4H,2-3H2,1H3;8*1-2H3. The van der Waals surface area contributed by atoms with E-state index in [0.29, 0.717) is 25.4 Å². The molecule has 0 amide bonds. The van der Waals surface area contributed by atoms with Crippen molar-refractivity contribution in [3.8, 4) is 22.3 Å². The SMILES string of the molecule is CC.CC.CC.CC.CC.CC.CC.CC.COCC(O)COC.COCC1CO1.COCC1CO1.c1ccc(-c2ccccc2)cc1.c1ccc(-c2ccccc2)cc1. The fourth-order valence-corrected chi connectivity index (χ4v) is 3.66. The van der Waals surface area contributed by atoms with Crippen LogP contribution in [-0.4, -0.2) is 91.5 Å². The third kappa shape index (κ3) is 52.6. The maximum Gasteiger partial charge on any atom is 0.104 e. The Hall–Kier alpha value is -3.40. The van der Waals surface area contributed by atoms with E-state index < -0.39 is 6.10 Å². The van der Waals surface area contributed by atoms with Crippen LogP contribution in [0.5, 0.6) is 0 Å². The topological polar surface area (TPSA) is 82.2 Å². The summed E-state index contributed by atoms with van der Waals surface area (Å²) in [6, 6.07) is 41.6. The fourth-order valence-electron chi connectivity index (χ4n) is 3.66. The third-order valence-corrected chi connectivity index (χ3v) is 5.99. The van der Waals surface area contributed by atoms with Gasteiger partial charge in [-0.1, -0.05) is 232 Å². The monoisotopic (exact) mass is 845 g/mol. The van der Waals surface area contributed by atoms with Crippen LogP contribution >= 0.6 is 0 Å². The molecule has 7 nitrogen and oxygen atoms in total. The lowest BCUT2D eigenvalue weighted by molar-refractivity contribution is 0.00980. The molecular formula is C53H96O7. The van der Waals surface area contributed by atoms with Crippen molar-refractivity contribution >= 4 is 0 Å². The second-order valence-electron chi connectivity index (χ2n) is 9.85. The van der Waals surface area contributed by atoms with Gasteiger partial charge in [-0.25, -0.2) is 0 Å². The van der Waals surface area contributed by atoms with E-state index in [1.54, 1.807) is 28.4 Å². The second kappa shape index (κ2) is 67.4. The van der Waals surface area contributed by atoms with E-state index in [1.165, 1.54) is 22.3 Å². The summed E-state index contributed by atoms with van der Waals surface area (Å²) in [5, 5.41) is 8.80. The average Bonchev–Trinajstić information content (AvgIpc) is 4.33. The molecule has 0 bridgehead atoms. The first-order valence-corrected chi connectivity index (χ1v) is 22.7. The summed E-state index contributed by atoms with van der Waals surface area (Å²) in [6.07, 6.45) is 0.370. The van der Waals surface area contributed by atoms with Gasteiger partial charge in [-0.2, -0.15) is 0 Å². The van der Waals surface area contributed by atoms with Gasteiger partial charge in [-0.3, -0.25) is 0 Å². The van der Waals surface area contributed by atoms with E-state index in [9.17, 15) is 0 Å². The smallest absolute Gasteiger partial charge is 0.104 e. The van der Waals surface area contributed by atoms with Gasteiger partial charge in [0.15, 0.2) is 0 Å². The van der Waals surface area contributed by atoms with E-state index in [4.69, 9.17) is 24.1 Å². The van der Waals surface area contributed by atoms with Crippen LogP contribution in [0.25, 0.3) is 22.3 Å². The first-order chi connectivity index (χ1) is 29.6. The number of aliphatic hydroxyl groups is 1. The number of benzene rings is 4. The van der Waals surface area contributed by atoms with Gasteiger partial charge in [0, 0.05) is 28.4 Å². The average molecular weight is 845 g/mol. The van der Waals surface area contributed by atoms with Crippen molar-refractivity contribution in [2.24, 2.45) is 0 Å². The quantitative estimate of drug-likeness (QED) is 0.159. The molecule has 350 valence electrons. The fraction of sp³-hybridized carbons (Fsp3) is 0.547. The number of hydrogen-bond donors (Lipinski definition) is 1. The summed E-state index contributed by atoms with van der Waals surface area (Å²) >= 11 is 0. The Morgan fingerprint density at radius 3 is 0.683 bits per heavy atom. The van der Waals surface area contributed by atoms with Crippen LogP contribution < -0.4 is 0 Å². The molecule has 0 aliphatic carbocycles. The first-order valence-electron chi connectivity index (χ1n) is 22.7. The van der Waals surface area contributed by atoms with Gasteiger partial charge in [0.05, 0.1) is 39.6 Å². The Balaban J connectivity index is -0.000000110. The van der Waals surface area contributed by atoms with Crippen molar-refractivity contribution in [2.75, 3.05) is 68.1 Å². The molecule has 2 atom stereocenters. The Bertz CT molecular complexity index is 1000. The molecule has 2 aliphatic heterocycles. The number of methoxy groups -OCH3 is 4. The molecule has 60 heavy (non-hydrogen) atoms. The van der Waals surface area contributed by atoms with Crippen molar-refractivity contribution in [1.82, 2.24) is 0 Å². The van der Waals surface area contributed by atoms with Crippen molar-refractivity contribution in [2.45, 2.75) is 129 Å². The normalized spacial score (nSPS) is 12.2. The molecule has 2 aliphatic rings. The van der Waals surface area contributed by atoms with Crippen LogP contribution in [0.2, 0.25) is 0 Å². The lowest BCUT2D eigenvalue weighted by atomic mass is 10.1. The molecule has 2 saturated heterocycles. The zero-order valence-corrected chi connectivity index (χ0v) is 42.4. The van der Waals surface area contributed by atoms with Crippen molar-refractivity contribution in [1.29, 1.82) is 0 Å². The third-order valence-electron chi connectivity index (χ3n) is 5.99. The largest absolute Gasteiger partial charge is 0.388 e. The van der Waals surface area contributed by atoms with E-state index >= 15 is 0 Å². The number of ether oxygens (including phenoxy) is 6.